The molecule has 0 heterocycles. The Labute approximate surface area is 121 Å². The Bertz CT molecular complexity index is 696. The van der Waals surface area contributed by atoms with Gasteiger partial charge in [-0.15, -0.1) is 0 Å². The summed E-state index contributed by atoms with van der Waals surface area (Å²) in [6.07, 6.45) is 0. The van der Waals surface area contributed by atoms with Crippen LogP contribution >= 0.6 is 0 Å². The maximum absolute atomic E-state index is 11.3. The molecule has 0 bridgehead atoms. The highest BCUT2D eigenvalue weighted by atomic mass is 16.6. The molecule has 0 atom stereocenters. The first kappa shape index (κ1) is 14.5. The van der Waals surface area contributed by atoms with Crippen LogP contribution in [0.5, 0.6) is 17.2 Å². The van der Waals surface area contributed by atoms with Crippen LogP contribution < -0.4 is 9.47 Å². The summed E-state index contributed by atoms with van der Waals surface area (Å²) in [5.41, 5.74) is 0.294. The van der Waals surface area contributed by atoms with Gasteiger partial charge >= 0.3 is 5.69 Å². The quantitative estimate of drug-likeness (QED) is 0.477. The van der Waals surface area contributed by atoms with Crippen LogP contribution in [0.3, 0.4) is 0 Å². The fraction of sp³-hybridized carbons (Fsp3) is 0.133. The first-order valence-electron chi connectivity index (χ1n) is 6.12. The van der Waals surface area contributed by atoms with Gasteiger partial charge < -0.3 is 9.47 Å². The van der Waals surface area contributed by atoms with E-state index >= 15 is 0 Å². The van der Waals surface area contributed by atoms with Crippen molar-refractivity contribution in [1.29, 1.82) is 0 Å². The molecule has 0 aliphatic heterocycles. The van der Waals surface area contributed by atoms with Gasteiger partial charge in [-0.1, -0.05) is 12.1 Å². The number of ketones is 1. The number of rotatable bonds is 5. The Hall–Kier alpha value is -2.89. The predicted molar refractivity (Wildman–Crippen MR) is 76.2 cm³/mol. The van der Waals surface area contributed by atoms with Crippen molar-refractivity contribution in [3.63, 3.8) is 0 Å². The molecule has 2 rings (SSSR count). The fourth-order valence-corrected chi connectivity index (χ4v) is 1.76. The molecule has 0 saturated carbocycles. The zero-order chi connectivity index (χ0) is 15.4. The molecule has 0 saturated heterocycles. The number of methoxy groups -OCH3 is 1. The van der Waals surface area contributed by atoms with Crippen molar-refractivity contribution in [2.75, 3.05) is 7.11 Å². The van der Waals surface area contributed by atoms with Crippen molar-refractivity contribution < 1.29 is 19.2 Å². The smallest absolute Gasteiger partial charge is 0.311 e. The lowest BCUT2D eigenvalue weighted by Crippen LogP contribution is -1.96. The van der Waals surface area contributed by atoms with Gasteiger partial charge in [-0.25, -0.2) is 0 Å². The summed E-state index contributed by atoms with van der Waals surface area (Å²) < 4.78 is 10.6. The minimum atomic E-state index is -0.538. The number of hydrogen-bond donors (Lipinski definition) is 0. The van der Waals surface area contributed by atoms with Crippen molar-refractivity contribution in [2.24, 2.45) is 0 Å². The molecule has 0 spiro atoms. The van der Waals surface area contributed by atoms with E-state index in [0.717, 1.165) is 0 Å². The number of benzene rings is 2. The molecule has 0 unspecified atom stereocenters. The summed E-state index contributed by atoms with van der Waals surface area (Å²) in [5, 5.41) is 11.0. The van der Waals surface area contributed by atoms with Crippen molar-refractivity contribution in [3.8, 4) is 17.2 Å². The number of nitrogens with zero attached hydrogens (tertiary/aromatic N) is 1. The van der Waals surface area contributed by atoms with Crippen LogP contribution in [0.25, 0.3) is 0 Å². The minimum absolute atomic E-state index is 0.0556. The largest absolute Gasteiger partial charge is 0.497 e. The molecule has 0 aliphatic rings. The van der Waals surface area contributed by atoms with E-state index in [1.807, 2.05) is 0 Å². The first-order chi connectivity index (χ1) is 10.0. The predicted octanol–water partition coefficient (Wildman–Crippen LogP) is 3.60. The molecule has 6 nitrogen and oxygen atoms in total. The van der Waals surface area contributed by atoms with Crippen LogP contribution in [0.15, 0.2) is 42.5 Å². The van der Waals surface area contributed by atoms with E-state index in [-0.39, 0.29) is 17.2 Å². The van der Waals surface area contributed by atoms with Gasteiger partial charge in [0.1, 0.15) is 11.5 Å². The fourth-order valence-electron chi connectivity index (χ4n) is 1.76. The van der Waals surface area contributed by atoms with E-state index in [1.165, 1.54) is 38.3 Å². The van der Waals surface area contributed by atoms with E-state index in [2.05, 4.69) is 0 Å². The van der Waals surface area contributed by atoms with Crippen LogP contribution in [0.1, 0.15) is 17.3 Å². The number of hydrogen-bond acceptors (Lipinski definition) is 5. The van der Waals surface area contributed by atoms with E-state index in [9.17, 15) is 14.9 Å². The Morgan fingerprint density at radius 3 is 2.52 bits per heavy atom. The third kappa shape index (κ3) is 3.36. The second-order valence-corrected chi connectivity index (χ2v) is 4.28. The van der Waals surface area contributed by atoms with E-state index in [4.69, 9.17) is 9.47 Å². The molecular formula is C15H13NO5. The van der Waals surface area contributed by atoms with E-state index in [1.54, 1.807) is 18.2 Å². The summed E-state index contributed by atoms with van der Waals surface area (Å²) in [5.74, 6) is 0.734. The van der Waals surface area contributed by atoms with Gasteiger partial charge in [-0.3, -0.25) is 14.9 Å². The Kier molecular flexibility index (Phi) is 4.18. The first-order valence-corrected chi connectivity index (χ1v) is 6.12. The molecule has 6 heteroatoms. The molecule has 0 fully saturated rings. The molecule has 0 aromatic heterocycles. The lowest BCUT2D eigenvalue weighted by molar-refractivity contribution is -0.385. The Morgan fingerprint density at radius 1 is 1.14 bits per heavy atom. The number of nitro groups is 1. The molecule has 0 radical (unpaired) electrons. The van der Waals surface area contributed by atoms with Gasteiger partial charge in [-0.2, -0.15) is 0 Å². The highest BCUT2D eigenvalue weighted by Crippen LogP contribution is 2.34. The SMILES string of the molecule is COc1ccc([N+](=O)[O-])c(Oc2cccc(C(C)=O)c2)c1. The normalized spacial score (nSPS) is 10.0. The van der Waals surface area contributed by atoms with Crippen molar-refractivity contribution >= 4 is 11.5 Å². The molecule has 0 aliphatic carbocycles. The number of ether oxygens (including phenoxy) is 2. The van der Waals surface area contributed by atoms with Crippen LogP contribution in [0.4, 0.5) is 5.69 Å². The summed E-state index contributed by atoms with van der Waals surface area (Å²) >= 11 is 0. The zero-order valence-corrected chi connectivity index (χ0v) is 11.5. The number of carbonyl (C=O) groups excluding carboxylic acids is 1. The highest BCUT2D eigenvalue weighted by molar-refractivity contribution is 5.94. The monoisotopic (exact) mass is 287 g/mol. The summed E-state index contributed by atoms with van der Waals surface area (Å²) in [6, 6.07) is 10.7. The van der Waals surface area contributed by atoms with Crippen molar-refractivity contribution in [3.05, 3.63) is 58.1 Å². The zero-order valence-electron chi connectivity index (χ0n) is 11.5. The van der Waals surface area contributed by atoms with Crippen LogP contribution in [-0.2, 0) is 0 Å². The van der Waals surface area contributed by atoms with Crippen LogP contribution in [0, 0.1) is 10.1 Å². The lowest BCUT2D eigenvalue weighted by Gasteiger charge is -2.08. The number of Topliss-reactive ketones (excluding diaryl/α,β-unsaturated/α-hetero) is 1. The van der Waals surface area contributed by atoms with Gasteiger partial charge in [-0.05, 0) is 25.1 Å². The highest BCUT2D eigenvalue weighted by Gasteiger charge is 2.17. The Balaban J connectivity index is 2.40. The summed E-state index contributed by atoms with van der Waals surface area (Å²) in [6.45, 7) is 1.44. The average molecular weight is 287 g/mol. The topological polar surface area (TPSA) is 78.7 Å². The molecule has 2 aromatic carbocycles. The molecule has 108 valence electrons. The number of carbonyl (C=O) groups is 1. The molecule has 2 aromatic rings. The Morgan fingerprint density at radius 2 is 1.90 bits per heavy atom. The maximum Gasteiger partial charge on any atom is 0.311 e. The van der Waals surface area contributed by atoms with Gasteiger partial charge in [0.15, 0.2) is 5.78 Å². The second kappa shape index (κ2) is 6.04. The average Bonchev–Trinajstić information content (AvgIpc) is 2.47. The van der Waals surface area contributed by atoms with Crippen LogP contribution in [0.2, 0.25) is 0 Å². The third-order valence-electron chi connectivity index (χ3n) is 2.83. The molecule has 21 heavy (non-hydrogen) atoms. The standard InChI is InChI=1S/C15H13NO5/c1-10(17)11-4-3-5-13(8-11)21-15-9-12(20-2)6-7-14(15)16(18)19/h3-9H,1-2H3. The third-order valence-corrected chi connectivity index (χ3v) is 2.83. The van der Waals surface area contributed by atoms with Gasteiger partial charge in [0.05, 0.1) is 12.0 Å². The molecular weight excluding hydrogens is 274 g/mol. The molecule has 0 N–H and O–H groups in total. The van der Waals surface area contributed by atoms with Gasteiger partial charge in [0.2, 0.25) is 5.75 Å². The number of nitro benzene ring substituents is 1. The van der Waals surface area contributed by atoms with E-state index < -0.39 is 4.92 Å². The van der Waals surface area contributed by atoms with Crippen molar-refractivity contribution in [2.45, 2.75) is 6.92 Å². The van der Waals surface area contributed by atoms with Gasteiger partial charge in [0, 0.05) is 17.7 Å². The second-order valence-electron chi connectivity index (χ2n) is 4.28. The van der Waals surface area contributed by atoms with Crippen LogP contribution in [-0.4, -0.2) is 17.8 Å². The molecule has 0 amide bonds. The van der Waals surface area contributed by atoms with E-state index in [0.29, 0.717) is 17.1 Å². The lowest BCUT2D eigenvalue weighted by atomic mass is 10.1. The summed E-state index contributed by atoms with van der Waals surface area (Å²) in [7, 11) is 1.46. The maximum atomic E-state index is 11.3. The van der Waals surface area contributed by atoms with Crippen molar-refractivity contribution in [1.82, 2.24) is 0 Å². The summed E-state index contributed by atoms with van der Waals surface area (Å²) in [4.78, 5) is 21.8. The van der Waals surface area contributed by atoms with Gasteiger partial charge in [0.25, 0.3) is 0 Å². The minimum Gasteiger partial charge on any atom is -0.497 e.